The van der Waals surface area contributed by atoms with Gasteiger partial charge in [-0.25, -0.2) is 4.79 Å². The molecule has 0 N–H and O–H groups in total. The van der Waals surface area contributed by atoms with Crippen LogP contribution in [0.4, 0.5) is 0 Å². The number of hydrogen-bond donors (Lipinski definition) is 0. The molecule has 0 fully saturated rings. The van der Waals surface area contributed by atoms with Crippen LogP contribution in [0.1, 0.15) is 11.1 Å². The van der Waals surface area contributed by atoms with E-state index in [0.29, 0.717) is 0 Å². The zero-order valence-corrected chi connectivity index (χ0v) is 7.86. The summed E-state index contributed by atoms with van der Waals surface area (Å²) < 4.78 is 4.58. The minimum atomic E-state index is -0.318. The second-order valence-corrected chi connectivity index (χ2v) is 3.04. The van der Waals surface area contributed by atoms with Crippen molar-refractivity contribution in [3.8, 4) is 0 Å². The lowest BCUT2D eigenvalue weighted by Gasteiger charge is -1.99. The van der Waals surface area contributed by atoms with Crippen molar-refractivity contribution in [2.45, 2.75) is 0 Å². The fraction of sp³-hybridized carbons (Fsp3) is 0.0833. The molecule has 2 heteroatoms. The van der Waals surface area contributed by atoms with Crippen LogP contribution in [0.3, 0.4) is 0 Å². The number of carbonyl (C=O) groups is 1. The number of esters is 1. The van der Waals surface area contributed by atoms with Gasteiger partial charge >= 0.3 is 5.97 Å². The molecule has 0 bridgehead atoms. The molecule has 0 unspecified atom stereocenters. The van der Waals surface area contributed by atoms with Crippen molar-refractivity contribution in [3.05, 3.63) is 47.5 Å². The van der Waals surface area contributed by atoms with Gasteiger partial charge in [0.1, 0.15) is 0 Å². The molecule has 2 rings (SSSR count). The molecule has 0 saturated heterocycles. The van der Waals surface area contributed by atoms with Crippen LogP contribution < -0.4 is 0 Å². The molecule has 0 saturated carbocycles. The minimum Gasteiger partial charge on any atom is -0.466 e. The molecular weight excluding hydrogens is 176 g/mol. The van der Waals surface area contributed by atoms with E-state index in [4.69, 9.17) is 0 Å². The third-order valence-corrected chi connectivity index (χ3v) is 2.19. The van der Waals surface area contributed by atoms with Gasteiger partial charge < -0.3 is 4.74 Å². The predicted molar refractivity (Wildman–Crippen MR) is 55.5 cm³/mol. The molecule has 0 radical (unpaired) electrons. The number of benzene rings is 1. The molecule has 2 nitrogen and oxygen atoms in total. The lowest BCUT2D eigenvalue weighted by atomic mass is 10.1. The summed E-state index contributed by atoms with van der Waals surface area (Å²) in [7, 11) is 1.38. The van der Waals surface area contributed by atoms with E-state index in [1.54, 1.807) is 0 Å². The molecule has 0 aromatic heterocycles. The van der Waals surface area contributed by atoms with Crippen molar-refractivity contribution in [3.63, 3.8) is 0 Å². The molecule has 0 heterocycles. The number of fused-ring (bicyclic) bond motifs is 1. The molecule has 1 aliphatic carbocycles. The Bertz CT molecular complexity index is 428. The summed E-state index contributed by atoms with van der Waals surface area (Å²) in [6.07, 6.45) is 5.41. The normalized spacial score (nSPS) is 15.6. The standard InChI is InChI=1S/C12H10O2/c1-14-12(13)8-10-7-6-9-4-2-3-5-11(9)10/h2-8H,1H3/b10-8+. The van der Waals surface area contributed by atoms with E-state index in [9.17, 15) is 4.79 Å². The van der Waals surface area contributed by atoms with Crippen LogP contribution in [0, 0.1) is 0 Å². The van der Waals surface area contributed by atoms with Gasteiger partial charge in [-0.15, -0.1) is 0 Å². The second kappa shape index (κ2) is 3.50. The van der Waals surface area contributed by atoms with Gasteiger partial charge in [-0.3, -0.25) is 0 Å². The number of allylic oxidation sites excluding steroid dienone is 2. The zero-order valence-electron chi connectivity index (χ0n) is 7.86. The van der Waals surface area contributed by atoms with E-state index in [2.05, 4.69) is 4.74 Å². The SMILES string of the molecule is COC(=O)/C=C1\C=Cc2ccccc21. The van der Waals surface area contributed by atoms with Gasteiger partial charge in [0, 0.05) is 6.08 Å². The number of methoxy groups -OCH3 is 1. The van der Waals surface area contributed by atoms with Crippen LogP contribution >= 0.6 is 0 Å². The lowest BCUT2D eigenvalue weighted by Crippen LogP contribution is -1.95. The molecule has 0 spiro atoms. The minimum absolute atomic E-state index is 0.318. The largest absolute Gasteiger partial charge is 0.466 e. The van der Waals surface area contributed by atoms with Crippen LogP contribution in [0.5, 0.6) is 0 Å². The smallest absolute Gasteiger partial charge is 0.331 e. The van der Waals surface area contributed by atoms with E-state index in [1.165, 1.54) is 13.2 Å². The summed E-state index contributed by atoms with van der Waals surface area (Å²) in [6.45, 7) is 0. The van der Waals surface area contributed by atoms with Crippen molar-refractivity contribution in [1.82, 2.24) is 0 Å². The Hall–Kier alpha value is -1.83. The molecule has 0 aliphatic heterocycles. The van der Waals surface area contributed by atoms with Gasteiger partial charge in [0.15, 0.2) is 0 Å². The summed E-state index contributed by atoms with van der Waals surface area (Å²) in [6, 6.07) is 7.94. The average Bonchev–Trinajstić information content (AvgIpc) is 2.62. The monoisotopic (exact) mass is 186 g/mol. The van der Waals surface area contributed by atoms with E-state index in [0.717, 1.165) is 16.7 Å². The Balaban J connectivity index is 2.40. The van der Waals surface area contributed by atoms with E-state index in [1.807, 2.05) is 36.4 Å². The fourth-order valence-corrected chi connectivity index (χ4v) is 1.49. The topological polar surface area (TPSA) is 26.3 Å². The first-order chi connectivity index (χ1) is 6.81. The van der Waals surface area contributed by atoms with Crippen LogP contribution in [0.25, 0.3) is 11.6 Å². The Kier molecular flexibility index (Phi) is 2.19. The molecule has 70 valence electrons. The summed E-state index contributed by atoms with van der Waals surface area (Å²) in [5, 5.41) is 0. The first-order valence-electron chi connectivity index (χ1n) is 4.38. The highest BCUT2D eigenvalue weighted by Crippen LogP contribution is 2.28. The number of hydrogen-bond acceptors (Lipinski definition) is 2. The first kappa shape index (κ1) is 8.75. The van der Waals surface area contributed by atoms with Crippen molar-refractivity contribution in [2.75, 3.05) is 7.11 Å². The Labute approximate surface area is 82.5 Å². The Morgan fingerprint density at radius 2 is 2.07 bits per heavy atom. The van der Waals surface area contributed by atoms with Crippen LogP contribution in [-0.2, 0) is 9.53 Å². The fourth-order valence-electron chi connectivity index (χ4n) is 1.49. The number of ether oxygens (including phenoxy) is 1. The highest BCUT2D eigenvalue weighted by atomic mass is 16.5. The van der Waals surface area contributed by atoms with E-state index >= 15 is 0 Å². The van der Waals surface area contributed by atoms with Gasteiger partial charge in [-0.2, -0.15) is 0 Å². The maximum absolute atomic E-state index is 11.0. The molecule has 0 atom stereocenters. The first-order valence-corrected chi connectivity index (χ1v) is 4.38. The van der Waals surface area contributed by atoms with Crippen molar-refractivity contribution in [1.29, 1.82) is 0 Å². The van der Waals surface area contributed by atoms with E-state index < -0.39 is 0 Å². The third kappa shape index (κ3) is 1.46. The maximum atomic E-state index is 11.0. The molecule has 1 aromatic rings. The molecule has 1 aliphatic rings. The summed E-state index contributed by atoms with van der Waals surface area (Å²) in [4.78, 5) is 11.0. The number of carbonyl (C=O) groups excluding carboxylic acids is 1. The summed E-state index contributed by atoms with van der Waals surface area (Å²) in [5.41, 5.74) is 3.13. The maximum Gasteiger partial charge on any atom is 0.331 e. The van der Waals surface area contributed by atoms with Crippen LogP contribution in [0.15, 0.2) is 36.4 Å². The Morgan fingerprint density at radius 1 is 1.29 bits per heavy atom. The van der Waals surface area contributed by atoms with Crippen LogP contribution in [-0.4, -0.2) is 13.1 Å². The summed E-state index contributed by atoms with van der Waals surface area (Å²) in [5.74, 6) is -0.318. The van der Waals surface area contributed by atoms with Gasteiger partial charge in [-0.05, 0) is 16.7 Å². The Morgan fingerprint density at radius 3 is 2.86 bits per heavy atom. The van der Waals surface area contributed by atoms with Gasteiger partial charge in [-0.1, -0.05) is 36.4 Å². The zero-order chi connectivity index (χ0) is 9.97. The van der Waals surface area contributed by atoms with Gasteiger partial charge in [0.05, 0.1) is 7.11 Å². The average molecular weight is 186 g/mol. The van der Waals surface area contributed by atoms with Crippen molar-refractivity contribution in [2.24, 2.45) is 0 Å². The van der Waals surface area contributed by atoms with Crippen LogP contribution in [0.2, 0.25) is 0 Å². The van der Waals surface area contributed by atoms with Gasteiger partial charge in [0.2, 0.25) is 0 Å². The second-order valence-electron chi connectivity index (χ2n) is 3.04. The lowest BCUT2D eigenvalue weighted by molar-refractivity contribution is -0.134. The summed E-state index contributed by atoms with van der Waals surface area (Å²) >= 11 is 0. The van der Waals surface area contributed by atoms with E-state index in [-0.39, 0.29) is 5.97 Å². The van der Waals surface area contributed by atoms with Crippen molar-refractivity contribution < 1.29 is 9.53 Å². The molecular formula is C12H10O2. The molecule has 1 aromatic carbocycles. The molecule has 14 heavy (non-hydrogen) atoms. The quantitative estimate of drug-likeness (QED) is 0.496. The van der Waals surface area contributed by atoms with Crippen molar-refractivity contribution >= 4 is 17.6 Å². The predicted octanol–water partition coefficient (Wildman–Crippen LogP) is 2.27. The number of rotatable bonds is 1. The molecule has 0 amide bonds. The van der Waals surface area contributed by atoms with Gasteiger partial charge in [0.25, 0.3) is 0 Å². The highest BCUT2D eigenvalue weighted by Gasteiger charge is 2.10. The third-order valence-electron chi connectivity index (χ3n) is 2.19. The highest BCUT2D eigenvalue weighted by molar-refractivity contribution is 5.99.